The first-order chi connectivity index (χ1) is 13.3. The lowest BCUT2D eigenvalue weighted by molar-refractivity contribution is 0.414. The maximum Gasteiger partial charge on any atom is 0.229 e. The summed E-state index contributed by atoms with van der Waals surface area (Å²) in [5, 5.41) is 4.37. The number of anilines is 3. The molecular weight excluding hydrogens is 340 g/mol. The average Bonchev–Trinajstić information content (AvgIpc) is 3.42. The molecular formula is C20H26N6O. The van der Waals surface area contributed by atoms with Crippen molar-refractivity contribution in [2.75, 3.05) is 48.5 Å². The Morgan fingerprint density at radius 1 is 1.00 bits per heavy atom. The molecule has 0 unspecified atom stereocenters. The van der Waals surface area contributed by atoms with Crippen LogP contribution in [0.15, 0.2) is 35.4 Å². The third kappa shape index (κ3) is 4.13. The number of rotatable bonds is 6. The molecule has 142 valence electrons. The second-order valence-corrected chi connectivity index (χ2v) is 6.91. The summed E-state index contributed by atoms with van der Waals surface area (Å²) in [4.78, 5) is 14.1. The first-order valence-corrected chi connectivity index (χ1v) is 9.64. The molecule has 27 heavy (non-hydrogen) atoms. The van der Waals surface area contributed by atoms with E-state index in [4.69, 9.17) is 14.7 Å². The fourth-order valence-electron chi connectivity index (χ4n) is 3.59. The third-order valence-corrected chi connectivity index (χ3v) is 5.04. The molecule has 7 nitrogen and oxygen atoms in total. The maximum absolute atomic E-state index is 5.36. The monoisotopic (exact) mass is 366 g/mol. The Kier molecular flexibility index (Phi) is 5.37. The summed E-state index contributed by atoms with van der Waals surface area (Å²) in [5.74, 6) is 3.30. The highest BCUT2D eigenvalue weighted by atomic mass is 16.5. The lowest BCUT2D eigenvalue weighted by Gasteiger charge is -2.21. The highest BCUT2D eigenvalue weighted by molar-refractivity contribution is 5.83. The smallest absolute Gasteiger partial charge is 0.229 e. The molecule has 1 aromatic carbocycles. The largest absolute Gasteiger partial charge is 0.496 e. The number of hydrogen-bond donors (Lipinski definition) is 1. The number of aromatic nitrogens is 2. The number of hydrazone groups is 1. The molecule has 0 saturated carbocycles. The van der Waals surface area contributed by atoms with Crippen LogP contribution in [0.25, 0.3) is 0 Å². The van der Waals surface area contributed by atoms with E-state index in [2.05, 4.69) is 20.3 Å². The molecule has 0 amide bonds. The minimum atomic E-state index is 0.722. The molecule has 0 bridgehead atoms. The Hall–Kier alpha value is -2.83. The van der Waals surface area contributed by atoms with Gasteiger partial charge in [-0.1, -0.05) is 12.1 Å². The van der Waals surface area contributed by atoms with Crippen LogP contribution in [0.4, 0.5) is 17.6 Å². The molecule has 2 fully saturated rings. The van der Waals surface area contributed by atoms with Gasteiger partial charge in [0, 0.05) is 37.8 Å². The number of benzene rings is 1. The zero-order valence-corrected chi connectivity index (χ0v) is 15.8. The number of hydrogen-bond acceptors (Lipinski definition) is 7. The van der Waals surface area contributed by atoms with Crippen LogP contribution in [0.1, 0.15) is 31.2 Å². The van der Waals surface area contributed by atoms with Crippen molar-refractivity contribution in [2.45, 2.75) is 25.7 Å². The van der Waals surface area contributed by atoms with Gasteiger partial charge in [-0.15, -0.1) is 0 Å². The van der Waals surface area contributed by atoms with Gasteiger partial charge in [0.25, 0.3) is 0 Å². The van der Waals surface area contributed by atoms with Crippen LogP contribution in [0, 0.1) is 0 Å². The van der Waals surface area contributed by atoms with E-state index in [-0.39, 0.29) is 0 Å². The summed E-state index contributed by atoms with van der Waals surface area (Å²) in [6.45, 7) is 4.15. The normalized spacial score (nSPS) is 17.1. The van der Waals surface area contributed by atoms with Gasteiger partial charge in [-0.3, -0.25) is 5.43 Å². The highest BCUT2D eigenvalue weighted by Gasteiger charge is 2.20. The van der Waals surface area contributed by atoms with Gasteiger partial charge in [0.2, 0.25) is 5.95 Å². The Labute approximate surface area is 160 Å². The molecule has 7 heteroatoms. The molecule has 4 rings (SSSR count). The van der Waals surface area contributed by atoms with Crippen molar-refractivity contribution >= 4 is 23.8 Å². The minimum Gasteiger partial charge on any atom is -0.496 e. The Morgan fingerprint density at radius 3 is 2.44 bits per heavy atom. The van der Waals surface area contributed by atoms with Gasteiger partial charge in [0.1, 0.15) is 11.6 Å². The molecule has 1 N–H and O–H groups in total. The second-order valence-electron chi connectivity index (χ2n) is 6.91. The molecule has 0 spiro atoms. The molecule has 0 aliphatic carbocycles. The fraction of sp³-hybridized carbons (Fsp3) is 0.450. The number of nitrogens with zero attached hydrogens (tertiary/aromatic N) is 5. The molecule has 1 aromatic heterocycles. The third-order valence-electron chi connectivity index (χ3n) is 5.04. The van der Waals surface area contributed by atoms with E-state index in [1.165, 1.54) is 25.7 Å². The van der Waals surface area contributed by atoms with E-state index in [0.717, 1.165) is 55.1 Å². The quantitative estimate of drug-likeness (QED) is 0.626. The van der Waals surface area contributed by atoms with Crippen LogP contribution in [-0.4, -0.2) is 49.5 Å². The molecule has 2 aliphatic heterocycles. The van der Waals surface area contributed by atoms with Gasteiger partial charge in [-0.25, -0.2) is 0 Å². The van der Waals surface area contributed by atoms with Gasteiger partial charge in [-0.2, -0.15) is 15.1 Å². The van der Waals surface area contributed by atoms with Crippen molar-refractivity contribution in [1.29, 1.82) is 0 Å². The average molecular weight is 366 g/mol. The van der Waals surface area contributed by atoms with Crippen molar-refractivity contribution in [1.82, 2.24) is 9.97 Å². The van der Waals surface area contributed by atoms with Crippen molar-refractivity contribution in [3.05, 3.63) is 35.9 Å². The van der Waals surface area contributed by atoms with Crippen LogP contribution < -0.4 is 20.0 Å². The number of para-hydroxylation sites is 1. The summed E-state index contributed by atoms with van der Waals surface area (Å²) in [5.41, 5.74) is 4.00. The van der Waals surface area contributed by atoms with Gasteiger partial charge in [0.15, 0.2) is 5.82 Å². The number of methoxy groups -OCH3 is 1. The predicted octanol–water partition coefficient (Wildman–Crippen LogP) is 3.13. The standard InChI is InChI=1S/C20H26N6O/c1-27-17-9-3-2-8-16(17)15-21-24-18-14-19(25-10-4-5-11-25)23-20(22-18)26-12-6-7-13-26/h2-3,8-9,14-15H,4-7,10-13H2,1H3,(H,22,23,24)/b21-15+. The first kappa shape index (κ1) is 17.6. The number of ether oxygens (including phenoxy) is 1. The lowest BCUT2D eigenvalue weighted by Crippen LogP contribution is -2.24. The van der Waals surface area contributed by atoms with E-state index < -0.39 is 0 Å². The molecule has 3 heterocycles. The van der Waals surface area contributed by atoms with Crippen molar-refractivity contribution in [2.24, 2.45) is 5.10 Å². The van der Waals surface area contributed by atoms with Crippen molar-refractivity contribution in [3.8, 4) is 5.75 Å². The van der Waals surface area contributed by atoms with E-state index in [0.29, 0.717) is 0 Å². The summed E-state index contributed by atoms with van der Waals surface area (Å²) in [6.07, 6.45) is 6.60. The molecule has 2 aromatic rings. The van der Waals surface area contributed by atoms with Gasteiger partial charge >= 0.3 is 0 Å². The lowest BCUT2D eigenvalue weighted by atomic mass is 10.2. The van der Waals surface area contributed by atoms with E-state index >= 15 is 0 Å². The SMILES string of the molecule is COc1ccccc1/C=N/Nc1cc(N2CCCC2)nc(N2CCCC2)n1. The Bertz CT molecular complexity index is 763. The van der Waals surface area contributed by atoms with E-state index in [1.807, 2.05) is 30.3 Å². The molecule has 0 radical (unpaired) electrons. The summed E-state index contributed by atoms with van der Waals surface area (Å²) in [7, 11) is 1.66. The van der Waals surface area contributed by atoms with Gasteiger partial charge in [-0.05, 0) is 37.8 Å². The Balaban J connectivity index is 1.56. The van der Waals surface area contributed by atoms with Crippen LogP contribution in [0.3, 0.4) is 0 Å². The summed E-state index contributed by atoms with van der Waals surface area (Å²) < 4.78 is 5.36. The summed E-state index contributed by atoms with van der Waals surface area (Å²) >= 11 is 0. The topological polar surface area (TPSA) is 65.9 Å². The molecule has 2 aliphatic rings. The van der Waals surface area contributed by atoms with Crippen LogP contribution in [0.5, 0.6) is 5.75 Å². The summed E-state index contributed by atoms with van der Waals surface area (Å²) in [6, 6.07) is 9.78. The maximum atomic E-state index is 5.36. The van der Waals surface area contributed by atoms with Gasteiger partial charge < -0.3 is 14.5 Å². The van der Waals surface area contributed by atoms with Crippen LogP contribution >= 0.6 is 0 Å². The second kappa shape index (κ2) is 8.24. The van der Waals surface area contributed by atoms with Crippen LogP contribution in [-0.2, 0) is 0 Å². The van der Waals surface area contributed by atoms with Crippen molar-refractivity contribution < 1.29 is 4.74 Å². The fourth-order valence-corrected chi connectivity index (χ4v) is 3.59. The number of nitrogens with one attached hydrogen (secondary N) is 1. The van der Waals surface area contributed by atoms with Gasteiger partial charge in [0.05, 0.1) is 13.3 Å². The zero-order valence-electron chi connectivity index (χ0n) is 15.8. The van der Waals surface area contributed by atoms with Crippen LogP contribution in [0.2, 0.25) is 0 Å². The minimum absolute atomic E-state index is 0.722. The van der Waals surface area contributed by atoms with E-state index in [9.17, 15) is 0 Å². The highest BCUT2D eigenvalue weighted by Crippen LogP contribution is 2.25. The first-order valence-electron chi connectivity index (χ1n) is 9.64. The predicted molar refractivity (Wildman–Crippen MR) is 109 cm³/mol. The Morgan fingerprint density at radius 2 is 1.70 bits per heavy atom. The molecule has 0 atom stereocenters. The zero-order chi connectivity index (χ0) is 18.5. The van der Waals surface area contributed by atoms with E-state index in [1.54, 1.807) is 13.3 Å². The van der Waals surface area contributed by atoms with Crippen molar-refractivity contribution in [3.63, 3.8) is 0 Å². The molecule has 2 saturated heterocycles.